The highest BCUT2D eigenvalue weighted by Gasteiger charge is 2.28. The van der Waals surface area contributed by atoms with Crippen molar-refractivity contribution < 1.29 is 9.53 Å². The number of rotatable bonds is 3. The first-order chi connectivity index (χ1) is 7.70. The maximum Gasteiger partial charge on any atom is 0.256 e. The van der Waals surface area contributed by atoms with E-state index in [0.29, 0.717) is 11.4 Å². The van der Waals surface area contributed by atoms with E-state index in [0.717, 1.165) is 12.8 Å². The standard InChI is InChI=1S/C11H15N3O2/c1-16-11-9(3-2-4-13-11)10(15)14-8-5-7(12)6-8/h2-4,7-8H,5-6,12H2,1H3,(H,14,15). The average Bonchev–Trinajstić information content (AvgIpc) is 2.27. The first-order valence-electron chi connectivity index (χ1n) is 5.26. The number of hydrogen-bond acceptors (Lipinski definition) is 4. The Morgan fingerprint density at radius 3 is 3.00 bits per heavy atom. The molecule has 3 N–H and O–H groups in total. The van der Waals surface area contributed by atoms with Gasteiger partial charge in [-0.15, -0.1) is 0 Å². The topological polar surface area (TPSA) is 77.2 Å². The van der Waals surface area contributed by atoms with Crippen LogP contribution in [0.25, 0.3) is 0 Å². The molecule has 2 rings (SSSR count). The first-order valence-corrected chi connectivity index (χ1v) is 5.26. The Labute approximate surface area is 94.0 Å². The molecular weight excluding hydrogens is 206 g/mol. The van der Waals surface area contributed by atoms with Crippen LogP contribution in [0, 0.1) is 0 Å². The summed E-state index contributed by atoms with van der Waals surface area (Å²) in [5.41, 5.74) is 6.11. The van der Waals surface area contributed by atoms with E-state index >= 15 is 0 Å². The molecule has 1 aliphatic carbocycles. The predicted octanol–water partition coefficient (Wildman–Crippen LogP) is 0.310. The monoisotopic (exact) mass is 221 g/mol. The van der Waals surface area contributed by atoms with Gasteiger partial charge in [-0.3, -0.25) is 4.79 Å². The molecule has 1 aromatic rings. The SMILES string of the molecule is COc1ncccc1C(=O)NC1CC(N)C1. The number of carbonyl (C=O) groups is 1. The second-order valence-corrected chi connectivity index (χ2v) is 3.96. The van der Waals surface area contributed by atoms with E-state index in [9.17, 15) is 4.79 Å². The van der Waals surface area contributed by atoms with Gasteiger partial charge >= 0.3 is 0 Å². The van der Waals surface area contributed by atoms with Crippen molar-refractivity contribution in [1.82, 2.24) is 10.3 Å². The molecule has 0 saturated heterocycles. The third-order valence-corrected chi connectivity index (χ3v) is 2.72. The van der Waals surface area contributed by atoms with E-state index in [-0.39, 0.29) is 18.0 Å². The molecule has 0 aliphatic heterocycles. The highest BCUT2D eigenvalue weighted by Crippen LogP contribution is 2.19. The summed E-state index contributed by atoms with van der Waals surface area (Å²) >= 11 is 0. The molecular formula is C11H15N3O2. The smallest absolute Gasteiger partial charge is 0.256 e. The van der Waals surface area contributed by atoms with E-state index in [1.54, 1.807) is 18.3 Å². The Morgan fingerprint density at radius 1 is 1.62 bits per heavy atom. The fourth-order valence-electron chi connectivity index (χ4n) is 1.77. The molecule has 0 atom stereocenters. The summed E-state index contributed by atoms with van der Waals surface area (Å²) in [7, 11) is 1.50. The van der Waals surface area contributed by atoms with Crippen molar-refractivity contribution in [3.63, 3.8) is 0 Å². The average molecular weight is 221 g/mol. The van der Waals surface area contributed by atoms with Crippen molar-refractivity contribution in [2.45, 2.75) is 24.9 Å². The minimum Gasteiger partial charge on any atom is -0.480 e. The van der Waals surface area contributed by atoms with Crippen molar-refractivity contribution in [3.05, 3.63) is 23.9 Å². The maximum atomic E-state index is 11.9. The van der Waals surface area contributed by atoms with Crippen LogP contribution in [0.4, 0.5) is 0 Å². The van der Waals surface area contributed by atoms with Crippen molar-refractivity contribution in [1.29, 1.82) is 0 Å². The molecule has 0 radical (unpaired) electrons. The van der Waals surface area contributed by atoms with Crippen molar-refractivity contribution in [2.24, 2.45) is 5.73 Å². The summed E-state index contributed by atoms with van der Waals surface area (Å²) in [6, 6.07) is 3.82. The molecule has 0 aromatic carbocycles. The molecule has 0 unspecified atom stereocenters. The Morgan fingerprint density at radius 2 is 2.38 bits per heavy atom. The molecule has 5 heteroatoms. The van der Waals surface area contributed by atoms with Crippen LogP contribution in [0.5, 0.6) is 5.88 Å². The number of nitrogens with one attached hydrogen (secondary N) is 1. The zero-order valence-corrected chi connectivity index (χ0v) is 9.14. The highest BCUT2D eigenvalue weighted by molar-refractivity contribution is 5.96. The predicted molar refractivity (Wildman–Crippen MR) is 59.3 cm³/mol. The summed E-state index contributed by atoms with van der Waals surface area (Å²) < 4.78 is 5.02. The van der Waals surface area contributed by atoms with Crippen molar-refractivity contribution in [3.8, 4) is 5.88 Å². The van der Waals surface area contributed by atoms with E-state index in [4.69, 9.17) is 10.5 Å². The number of pyridine rings is 1. The van der Waals surface area contributed by atoms with Gasteiger partial charge in [0.2, 0.25) is 5.88 Å². The lowest BCUT2D eigenvalue weighted by Gasteiger charge is -2.32. The van der Waals surface area contributed by atoms with Gasteiger partial charge in [0.15, 0.2) is 0 Å². The minimum atomic E-state index is -0.151. The lowest BCUT2D eigenvalue weighted by Crippen LogP contribution is -2.50. The minimum absolute atomic E-state index is 0.151. The number of amides is 1. The lowest BCUT2D eigenvalue weighted by molar-refractivity contribution is 0.0906. The molecule has 1 fully saturated rings. The number of carbonyl (C=O) groups excluding carboxylic acids is 1. The molecule has 0 spiro atoms. The zero-order chi connectivity index (χ0) is 11.5. The van der Waals surface area contributed by atoms with Crippen LogP contribution >= 0.6 is 0 Å². The van der Waals surface area contributed by atoms with Crippen molar-refractivity contribution >= 4 is 5.91 Å². The summed E-state index contributed by atoms with van der Waals surface area (Å²) in [6.07, 6.45) is 3.28. The normalized spacial score (nSPS) is 23.4. The number of nitrogens with two attached hydrogens (primary N) is 1. The first kappa shape index (κ1) is 10.9. The second-order valence-electron chi connectivity index (χ2n) is 3.96. The highest BCUT2D eigenvalue weighted by atomic mass is 16.5. The van der Waals surface area contributed by atoms with Gasteiger partial charge in [-0.05, 0) is 25.0 Å². The summed E-state index contributed by atoms with van der Waals surface area (Å²) in [6.45, 7) is 0. The van der Waals surface area contributed by atoms with Crippen LogP contribution in [-0.2, 0) is 0 Å². The third kappa shape index (κ3) is 2.14. The fraction of sp³-hybridized carbons (Fsp3) is 0.455. The molecule has 16 heavy (non-hydrogen) atoms. The van der Waals surface area contributed by atoms with Gasteiger partial charge in [0.25, 0.3) is 5.91 Å². The summed E-state index contributed by atoms with van der Waals surface area (Å²) in [4.78, 5) is 15.8. The van der Waals surface area contributed by atoms with Crippen LogP contribution < -0.4 is 15.8 Å². The third-order valence-electron chi connectivity index (χ3n) is 2.72. The van der Waals surface area contributed by atoms with Gasteiger partial charge in [-0.25, -0.2) is 4.98 Å². The number of aromatic nitrogens is 1. The van der Waals surface area contributed by atoms with Gasteiger partial charge in [0.05, 0.1) is 7.11 Å². The zero-order valence-electron chi connectivity index (χ0n) is 9.14. The van der Waals surface area contributed by atoms with E-state index in [1.165, 1.54) is 7.11 Å². The van der Waals surface area contributed by atoms with Gasteiger partial charge < -0.3 is 15.8 Å². The Kier molecular flexibility index (Phi) is 3.05. The number of ether oxygens (including phenoxy) is 1. The maximum absolute atomic E-state index is 11.9. The van der Waals surface area contributed by atoms with E-state index in [1.807, 2.05) is 0 Å². The van der Waals surface area contributed by atoms with Gasteiger partial charge in [0.1, 0.15) is 5.56 Å². The largest absolute Gasteiger partial charge is 0.480 e. The molecule has 0 bridgehead atoms. The quantitative estimate of drug-likeness (QED) is 0.770. The van der Waals surface area contributed by atoms with Crippen LogP contribution in [0.15, 0.2) is 18.3 Å². The lowest BCUT2D eigenvalue weighted by atomic mass is 9.87. The Bertz CT molecular complexity index is 389. The van der Waals surface area contributed by atoms with Crippen LogP contribution in [0.3, 0.4) is 0 Å². The Balaban J connectivity index is 2.03. The number of nitrogens with zero attached hydrogens (tertiary/aromatic N) is 1. The molecule has 1 amide bonds. The van der Waals surface area contributed by atoms with Crippen LogP contribution in [0.2, 0.25) is 0 Å². The molecule has 1 saturated carbocycles. The number of hydrogen-bond donors (Lipinski definition) is 2. The summed E-state index contributed by atoms with van der Waals surface area (Å²) in [5, 5.41) is 2.90. The fourth-order valence-corrected chi connectivity index (χ4v) is 1.77. The molecule has 86 valence electrons. The van der Waals surface area contributed by atoms with E-state index in [2.05, 4.69) is 10.3 Å². The van der Waals surface area contributed by atoms with Gasteiger partial charge in [0, 0.05) is 18.3 Å². The van der Waals surface area contributed by atoms with Crippen LogP contribution in [-0.4, -0.2) is 30.1 Å². The number of methoxy groups -OCH3 is 1. The van der Waals surface area contributed by atoms with Gasteiger partial charge in [-0.2, -0.15) is 0 Å². The van der Waals surface area contributed by atoms with Crippen molar-refractivity contribution in [2.75, 3.05) is 7.11 Å². The van der Waals surface area contributed by atoms with E-state index < -0.39 is 0 Å². The molecule has 1 aromatic heterocycles. The molecule has 5 nitrogen and oxygen atoms in total. The van der Waals surface area contributed by atoms with Crippen LogP contribution in [0.1, 0.15) is 23.2 Å². The second kappa shape index (κ2) is 4.49. The van der Waals surface area contributed by atoms with Gasteiger partial charge in [-0.1, -0.05) is 0 Å². The summed E-state index contributed by atoms with van der Waals surface area (Å²) in [5.74, 6) is 0.200. The Hall–Kier alpha value is -1.62. The molecule has 1 heterocycles. The molecule has 1 aliphatic rings.